The molecule has 1 N–H and O–H groups in total. The van der Waals surface area contributed by atoms with E-state index in [2.05, 4.69) is 29.2 Å². The Morgan fingerprint density at radius 2 is 2.00 bits per heavy atom. The first kappa shape index (κ1) is 12.3. The first-order valence-corrected chi connectivity index (χ1v) is 7.55. The summed E-state index contributed by atoms with van der Waals surface area (Å²) in [5.41, 5.74) is 2.21. The molecule has 0 amide bonds. The van der Waals surface area contributed by atoms with Crippen LogP contribution in [0.15, 0.2) is 36.4 Å². The van der Waals surface area contributed by atoms with Gasteiger partial charge in [-0.2, -0.15) is 0 Å². The van der Waals surface area contributed by atoms with Crippen LogP contribution in [-0.2, 0) is 6.54 Å². The summed E-state index contributed by atoms with van der Waals surface area (Å²) in [4.78, 5) is 7.20. The quantitative estimate of drug-likeness (QED) is 0.909. The number of likely N-dealkylation sites (tertiary alicyclic amines) is 1. The maximum atomic E-state index is 9.98. The van der Waals surface area contributed by atoms with Gasteiger partial charge in [0.1, 0.15) is 0 Å². The van der Waals surface area contributed by atoms with E-state index in [0.29, 0.717) is 11.8 Å². The number of aliphatic hydroxyl groups is 1. The van der Waals surface area contributed by atoms with Crippen molar-refractivity contribution in [1.82, 2.24) is 9.88 Å². The third-order valence-electron chi connectivity index (χ3n) is 4.94. The summed E-state index contributed by atoms with van der Waals surface area (Å²) in [7, 11) is 0. The minimum Gasteiger partial charge on any atom is -0.393 e. The monoisotopic (exact) mass is 268 g/mol. The molecule has 1 aromatic heterocycles. The third kappa shape index (κ3) is 2.11. The van der Waals surface area contributed by atoms with Crippen molar-refractivity contribution < 1.29 is 5.11 Å². The zero-order valence-corrected chi connectivity index (χ0v) is 11.6. The number of fused-ring (bicyclic) bond motifs is 2. The highest BCUT2D eigenvalue weighted by Crippen LogP contribution is 2.38. The smallest absolute Gasteiger partial charge is 0.0705 e. The summed E-state index contributed by atoms with van der Waals surface area (Å²) in [6.45, 7) is 3.06. The summed E-state index contributed by atoms with van der Waals surface area (Å²) in [5.74, 6) is 1.20. The molecule has 2 aromatic rings. The van der Waals surface area contributed by atoms with Gasteiger partial charge in [-0.15, -0.1) is 0 Å². The highest BCUT2D eigenvalue weighted by molar-refractivity contribution is 5.78. The van der Waals surface area contributed by atoms with E-state index in [4.69, 9.17) is 4.98 Å². The molecule has 0 bridgehead atoms. The van der Waals surface area contributed by atoms with Crippen molar-refractivity contribution in [3.63, 3.8) is 0 Å². The number of aromatic nitrogens is 1. The van der Waals surface area contributed by atoms with Gasteiger partial charge >= 0.3 is 0 Å². The number of para-hydroxylation sites is 1. The predicted molar refractivity (Wildman–Crippen MR) is 79.2 cm³/mol. The molecule has 1 saturated carbocycles. The molecule has 1 aliphatic heterocycles. The van der Waals surface area contributed by atoms with Crippen LogP contribution in [0.25, 0.3) is 10.9 Å². The van der Waals surface area contributed by atoms with Crippen LogP contribution in [0.1, 0.15) is 18.5 Å². The number of hydrogen-bond donors (Lipinski definition) is 1. The molecule has 0 spiro atoms. The number of nitrogens with zero attached hydrogens (tertiary/aromatic N) is 2. The lowest BCUT2D eigenvalue weighted by Gasteiger charge is -2.17. The minimum atomic E-state index is -0.0745. The van der Waals surface area contributed by atoms with Gasteiger partial charge in [0.25, 0.3) is 0 Å². The second-order valence-corrected chi connectivity index (χ2v) is 6.26. The highest BCUT2D eigenvalue weighted by atomic mass is 16.3. The molecule has 2 fully saturated rings. The molecule has 20 heavy (non-hydrogen) atoms. The average molecular weight is 268 g/mol. The lowest BCUT2D eigenvalue weighted by atomic mass is 10.00. The fourth-order valence-electron chi connectivity index (χ4n) is 3.88. The molecule has 2 aliphatic rings. The molecular formula is C17H20N2O. The van der Waals surface area contributed by atoms with E-state index in [1.807, 2.05) is 12.1 Å². The summed E-state index contributed by atoms with van der Waals surface area (Å²) >= 11 is 0. The molecule has 3 atom stereocenters. The van der Waals surface area contributed by atoms with Crippen LogP contribution in [0, 0.1) is 11.8 Å². The first-order valence-electron chi connectivity index (χ1n) is 7.55. The van der Waals surface area contributed by atoms with Crippen molar-refractivity contribution in [2.45, 2.75) is 25.5 Å². The summed E-state index contributed by atoms with van der Waals surface area (Å²) in [6.07, 6.45) is 2.11. The Hall–Kier alpha value is -1.45. The van der Waals surface area contributed by atoms with Gasteiger partial charge in [0.2, 0.25) is 0 Å². The Labute approximate surface area is 119 Å². The van der Waals surface area contributed by atoms with Gasteiger partial charge in [0.05, 0.1) is 17.3 Å². The lowest BCUT2D eigenvalue weighted by molar-refractivity contribution is 0.123. The van der Waals surface area contributed by atoms with Crippen molar-refractivity contribution in [2.75, 3.05) is 13.1 Å². The normalized spacial score (nSPS) is 29.9. The van der Waals surface area contributed by atoms with Gasteiger partial charge in [-0.3, -0.25) is 9.88 Å². The Morgan fingerprint density at radius 3 is 2.90 bits per heavy atom. The van der Waals surface area contributed by atoms with Crippen molar-refractivity contribution in [3.05, 3.63) is 42.1 Å². The Balaban J connectivity index is 1.51. The van der Waals surface area contributed by atoms with E-state index in [9.17, 15) is 5.11 Å². The standard InChI is InChI=1S/C17H20N2O/c20-17-8-6-13-9-19(11-15(13)17)10-14-7-5-12-3-1-2-4-16(12)18-14/h1-5,7,13,15,17,20H,6,8-11H2. The van der Waals surface area contributed by atoms with Crippen LogP contribution in [-0.4, -0.2) is 34.2 Å². The highest BCUT2D eigenvalue weighted by Gasteiger charge is 2.41. The molecule has 104 valence electrons. The molecule has 1 aliphatic carbocycles. The van der Waals surface area contributed by atoms with Gasteiger partial charge in [0.15, 0.2) is 0 Å². The fourth-order valence-corrected chi connectivity index (χ4v) is 3.88. The van der Waals surface area contributed by atoms with Crippen molar-refractivity contribution in [3.8, 4) is 0 Å². The minimum absolute atomic E-state index is 0.0745. The molecule has 3 heteroatoms. The molecule has 4 rings (SSSR count). The van der Waals surface area contributed by atoms with Gasteiger partial charge in [-0.25, -0.2) is 0 Å². The number of hydrogen-bond acceptors (Lipinski definition) is 3. The Kier molecular flexibility index (Phi) is 2.97. The van der Waals surface area contributed by atoms with Crippen LogP contribution in [0.5, 0.6) is 0 Å². The summed E-state index contributed by atoms with van der Waals surface area (Å²) in [5, 5.41) is 11.2. The summed E-state index contributed by atoms with van der Waals surface area (Å²) < 4.78 is 0. The molecule has 2 heterocycles. The average Bonchev–Trinajstić information content (AvgIpc) is 3.01. The largest absolute Gasteiger partial charge is 0.393 e. The van der Waals surface area contributed by atoms with E-state index in [1.165, 1.54) is 11.8 Å². The SMILES string of the molecule is OC1CCC2CN(Cc3ccc4ccccc4n3)CC12. The zero-order valence-electron chi connectivity index (χ0n) is 11.6. The maximum absolute atomic E-state index is 9.98. The van der Waals surface area contributed by atoms with Crippen LogP contribution < -0.4 is 0 Å². The second-order valence-electron chi connectivity index (χ2n) is 6.26. The Morgan fingerprint density at radius 1 is 1.10 bits per heavy atom. The predicted octanol–water partition coefficient (Wildman–Crippen LogP) is 2.44. The first-order chi connectivity index (χ1) is 9.79. The van der Waals surface area contributed by atoms with Crippen molar-refractivity contribution in [2.24, 2.45) is 11.8 Å². The third-order valence-corrected chi connectivity index (χ3v) is 4.94. The van der Waals surface area contributed by atoms with Gasteiger partial charge in [0, 0.05) is 30.9 Å². The number of benzene rings is 1. The van der Waals surface area contributed by atoms with Crippen molar-refractivity contribution in [1.29, 1.82) is 0 Å². The second kappa shape index (κ2) is 4.83. The zero-order chi connectivity index (χ0) is 13.5. The number of rotatable bonds is 2. The van der Waals surface area contributed by atoms with E-state index in [-0.39, 0.29) is 6.10 Å². The van der Waals surface area contributed by atoms with E-state index in [0.717, 1.165) is 37.3 Å². The summed E-state index contributed by atoms with van der Waals surface area (Å²) in [6, 6.07) is 12.5. The molecule has 1 aromatic carbocycles. The van der Waals surface area contributed by atoms with Gasteiger partial charge < -0.3 is 5.11 Å². The van der Waals surface area contributed by atoms with Gasteiger partial charge in [-0.05, 0) is 30.9 Å². The van der Waals surface area contributed by atoms with E-state index in [1.54, 1.807) is 0 Å². The molecule has 3 nitrogen and oxygen atoms in total. The molecular weight excluding hydrogens is 248 g/mol. The molecule has 3 unspecified atom stereocenters. The van der Waals surface area contributed by atoms with Crippen LogP contribution >= 0.6 is 0 Å². The van der Waals surface area contributed by atoms with Crippen LogP contribution in [0.2, 0.25) is 0 Å². The maximum Gasteiger partial charge on any atom is 0.0705 e. The van der Waals surface area contributed by atoms with E-state index >= 15 is 0 Å². The Bertz CT molecular complexity index is 627. The topological polar surface area (TPSA) is 36.4 Å². The van der Waals surface area contributed by atoms with Crippen LogP contribution in [0.4, 0.5) is 0 Å². The number of pyridine rings is 1. The lowest BCUT2D eigenvalue weighted by Crippen LogP contribution is -2.24. The molecule has 0 radical (unpaired) electrons. The van der Waals surface area contributed by atoms with Gasteiger partial charge in [-0.1, -0.05) is 24.3 Å². The fraction of sp³-hybridized carbons (Fsp3) is 0.471. The van der Waals surface area contributed by atoms with Crippen LogP contribution in [0.3, 0.4) is 0 Å². The van der Waals surface area contributed by atoms with E-state index < -0.39 is 0 Å². The number of aliphatic hydroxyl groups excluding tert-OH is 1. The molecule has 1 saturated heterocycles. The van der Waals surface area contributed by atoms with Crippen molar-refractivity contribution >= 4 is 10.9 Å².